The normalized spacial score (nSPS) is 16.9. The van der Waals surface area contributed by atoms with Crippen LogP contribution in [0.3, 0.4) is 0 Å². The van der Waals surface area contributed by atoms with Crippen molar-refractivity contribution in [2.24, 2.45) is 0 Å². The maximum Gasteiger partial charge on any atom is 0.235 e. The molecule has 22 heavy (non-hydrogen) atoms. The molecule has 0 saturated carbocycles. The zero-order valence-corrected chi connectivity index (χ0v) is 14.2. The Hall–Kier alpha value is -0.740. The summed E-state index contributed by atoms with van der Waals surface area (Å²) in [5.74, 6) is -0.288. The van der Waals surface area contributed by atoms with E-state index in [0.717, 1.165) is 19.3 Å². The molecule has 0 unspecified atom stereocenters. The summed E-state index contributed by atoms with van der Waals surface area (Å²) in [5, 5.41) is 2.70. The van der Waals surface area contributed by atoms with Crippen molar-refractivity contribution >= 4 is 15.9 Å². The van der Waals surface area contributed by atoms with Gasteiger partial charge in [0.1, 0.15) is 0 Å². The zero-order chi connectivity index (χ0) is 16.4. The molecule has 0 aromatic carbocycles. The summed E-state index contributed by atoms with van der Waals surface area (Å²) in [7, 11) is -1.81. The Labute approximate surface area is 132 Å². The van der Waals surface area contributed by atoms with E-state index in [2.05, 4.69) is 10.2 Å². The van der Waals surface area contributed by atoms with Gasteiger partial charge in [0, 0.05) is 46.4 Å². The second kappa shape index (κ2) is 10.1. The van der Waals surface area contributed by atoms with E-state index in [9.17, 15) is 13.2 Å². The third-order valence-corrected chi connectivity index (χ3v) is 4.66. The number of nitrogens with one attached hydrogen (secondary N) is 1. The standard InChI is InChI=1S/C13H27N3O5S/c1-20-9-3-4-14-13(17)12-16(22(2,18)19)6-5-15-7-10-21-11-8-15/h3-12H2,1-2H3,(H,14,17). The van der Waals surface area contributed by atoms with Gasteiger partial charge in [-0.25, -0.2) is 8.42 Å². The molecule has 1 rings (SSSR count). The maximum absolute atomic E-state index is 11.8. The SMILES string of the molecule is COCCCNC(=O)CN(CCN1CCOCC1)S(C)(=O)=O. The topological polar surface area (TPSA) is 88.2 Å². The van der Waals surface area contributed by atoms with Crippen molar-refractivity contribution < 1.29 is 22.7 Å². The number of carbonyl (C=O) groups excluding carboxylic acids is 1. The fraction of sp³-hybridized carbons (Fsp3) is 0.923. The van der Waals surface area contributed by atoms with E-state index in [1.54, 1.807) is 7.11 Å². The van der Waals surface area contributed by atoms with Gasteiger partial charge in [-0.2, -0.15) is 4.31 Å². The fourth-order valence-corrected chi connectivity index (χ4v) is 2.87. The highest BCUT2D eigenvalue weighted by molar-refractivity contribution is 7.88. The van der Waals surface area contributed by atoms with Crippen LogP contribution in [0, 0.1) is 0 Å². The van der Waals surface area contributed by atoms with Crippen LogP contribution in [0.1, 0.15) is 6.42 Å². The molecule has 0 spiro atoms. The quantitative estimate of drug-likeness (QED) is 0.500. The largest absolute Gasteiger partial charge is 0.385 e. The predicted octanol–water partition coefficient (Wildman–Crippen LogP) is -1.27. The van der Waals surface area contributed by atoms with E-state index in [1.807, 2.05) is 0 Å². The molecule has 0 radical (unpaired) electrons. The molecule has 1 heterocycles. The molecule has 1 amide bonds. The molecule has 1 N–H and O–H groups in total. The average Bonchev–Trinajstić information content (AvgIpc) is 2.48. The predicted molar refractivity (Wildman–Crippen MR) is 83.2 cm³/mol. The van der Waals surface area contributed by atoms with Crippen molar-refractivity contribution in [1.82, 2.24) is 14.5 Å². The minimum absolute atomic E-state index is 0.143. The molecule has 0 aromatic rings. The first-order valence-electron chi connectivity index (χ1n) is 7.44. The van der Waals surface area contributed by atoms with Crippen LogP contribution in [0.15, 0.2) is 0 Å². The highest BCUT2D eigenvalue weighted by Crippen LogP contribution is 2.01. The number of rotatable bonds is 10. The highest BCUT2D eigenvalue weighted by Gasteiger charge is 2.21. The first kappa shape index (κ1) is 19.3. The lowest BCUT2D eigenvalue weighted by atomic mass is 10.4. The minimum atomic E-state index is -3.41. The number of ether oxygens (including phenoxy) is 2. The van der Waals surface area contributed by atoms with Gasteiger partial charge in [0.2, 0.25) is 15.9 Å². The number of morpholine rings is 1. The second-order valence-corrected chi connectivity index (χ2v) is 7.23. The Bertz CT molecular complexity index is 423. The van der Waals surface area contributed by atoms with Crippen molar-refractivity contribution in [3.63, 3.8) is 0 Å². The summed E-state index contributed by atoms with van der Waals surface area (Å²) in [6, 6.07) is 0. The Morgan fingerprint density at radius 1 is 1.36 bits per heavy atom. The third-order valence-electron chi connectivity index (χ3n) is 3.41. The third kappa shape index (κ3) is 8.04. The van der Waals surface area contributed by atoms with Crippen LogP contribution in [0.25, 0.3) is 0 Å². The fourth-order valence-electron chi connectivity index (χ4n) is 2.10. The first-order valence-corrected chi connectivity index (χ1v) is 9.29. The number of carbonyl (C=O) groups is 1. The maximum atomic E-state index is 11.8. The van der Waals surface area contributed by atoms with E-state index < -0.39 is 10.0 Å². The minimum Gasteiger partial charge on any atom is -0.385 e. The molecule has 1 saturated heterocycles. The summed E-state index contributed by atoms with van der Waals surface area (Å²) in [5.41, 5.74) is 0. The molecule has 8 nitrogen and oxygen atoms in total. The Balaban J connectivity index is 2.38. The summed E-state index contributed by atoms with van der Waals surface area (Å²) in [6.45, 7) is 4.73. The van der Waals surface area contributed by atoms with Gasteiger partial charge >= 0.3 is 0 Å². The Kier molecular flexibility index (Phi) is 8.88. The molecular formula is C13H27N3O5S. The van der Waals surface area contributed by atoms with Crippen LogP contribution in [-0.4, -0.2) is 96.0 Å². The monoisotopic (exact) mass is 337 g/mol. The van der Waals surface area contributed by atoms with E-state index in [1.165, 1.54) is 4.31 Å². The molecule has 1 fully saturated rings. The highest BCUT2D eigenvalue weighted by atomic mass is 32.2. The molecule has 9 heteroatoms. The summed E-state index contributed by atoms with van der Waals surface area (Å²) < 4.78 is 35.0. The van der Waals surface area contributed by atoms with Gasteiger partial charge in [0.05, 0.1) is 26.0 Å². The van der Waals surface area contributed by atoms with Gasteiger partial charge in [0.25, 0.3) is 0 Å². The van der Waals surface area contributed by atoms with Crippen LogP contribution in [-0.2, 0) is 24.3 Å². The van der Waals surface area contributed by atoms with E-state index in [-0.39, 0.29) is 12.5 Å². The van der Waals surface area contributed by atoms with Crippen molar-refractivity contribution in [2.75, 3.05) is 72.5 Å². The molecule has 0 atom stereocenters. The molecule has 0 aromatic heterocycles. The lowest BCUT2D eigenvalue weighted by Crippen LogP contribution is -2.46. The average molecular weight is 337 g/mol. The number of methoxy groups -OCH3 is 1. The summed E-state index contributed by atoms with van der Waals surface area (Å²) >= 11 is 0. The van der Waals surface area contributed by atoms with Crippen molar-refractivity contribution in [3.05, 3.63) is 0 Å². The lowest BCUT2D eigenvalue weighted by molar-refractivity contribution is -0.121. The molecule has 1 aliphatic rings. The number of sulfonamides is 1. The van der Waals surface area contributed by atoms with Gasteiger partial charge in [-0.3, -0.25) is 9.69 Å². The number of nitrogens with zero attached hydrogens (tertiary/aromatic N) is 2. The Morgan fingerprint density at radius 2 is 2.05 bits per heavy atom. The van der Waals surface area contributed by atoms with Gasteiger partial charge in [-0.1, -0.05) is 0 Å². The van der Waals surface area contributed by atoms with Crippen LogP contribution >= 0.6 is 0 Å². The van der Waals surface area contributed by atoms with Crippen LogP contribution < -0.4 is 5.32 Å². The zero-order valence-electron chi connectivity index (χ0n) is 13.4. The van der Waals surface area contributed by atoms with Crippen LogP contribution in [0.2, 0.25) is 0 Å². The van der Waals surface area contributed by atoms with E-state index in [0.29, 0.717) is 45.9 Å². The smallest absolute Gasteiger partial charge is 0.235 e. The molecule has 0 aliphatic carbocycles. The van der Waals surface area contributed by atoms with E-state index >= 15 is 0 Å². The number of hydrogen-bond donors (Lipinski definition) is 1. The molecule has 0 bridgehead atoms. The van der Waals surface area contributed by atoms with Crippen molar-refractivity contribution in [1.29, 1.82) is 0 Å². The number of amides is 1. The van der Waals surface area contributed by atoms with Gasteiger partial charge in [-0.15, -0.1) is 0 Å². The van der Waals surface area contributed by atoms with E-state index in [4.69, 9.17) is 9.47 Å². The summed E-state index contributed by atoms with van der Waals surface area (Å²) in [4.78, 5) is 14.0. The lowest BCUT2D eigenvalue weighted by Gasteiger charge is -2.29. The van der Waals surface area contributed by atoms with Crippen LogP contribution in [0.5, 0.6) is 0 Å². The molecule has 130 valence electrons. The molecular weight excluding hydrogens is 310 g/mol. The van der Waals surface area contributed by atoms with Crippen molar-refractivity contribution in [2.45, 2.75) is 6.42 Å². The Morgan fingerprint density at radius 3 is 2.64 bits per heavy atom. The first-order chi connectivity index (χ1) is 10.4. The number of hydrogen-bond acceptors (Lipinski definition) is 6. The second-order valence-electron chi connectivity index (χ2n) is 5.25. The van der Waals surface area contributed by atoms with Gasteiger partial charge in [0.15, 0.2) is 0 Å². The van der Waals surface area contributed by atoms with Crippen molar-refractivity contribution in [3.8, 4) is 0 Å². The summed E-state index contributed by atoms with van der Waals surface area (Å²) in [6.07, 6.45) is 1.83. The molecule has 1 aliphatic heterocycles. The van der Waals surface area contributed by atoms with Gasteiger partial charge < -0.3 is 14.8 Å². The van der Waals surface area contributed by atoms with Gasteiger partial charge in [-0.05, 0) is 6.42 Å². The van der Waals surface area contributed by atoms with Crippen LogP contribution in [0.4, 0.5) is 0 Å².